The van der Waals surface area contributed by atoms with Crippen molar-refractivity contribution in [2.45, 2.75) is 6.42 Å². The Morgan fingerprint density at radius 1 is 1.04 bits per heavy atom. The smallest absolute Gasteiger partial charge is 0.138 e. The number of nitrogens with one attached hydrogen (secondary N) is 1. The molecule has 1 aliphatic heterocycles. The predicted molar refractivity (Wildman–Crippen MR) is 93.6 cm³/mol. The minimum Gasteiger partial charge on any atom is -0.340 e. The fourth-order valence-corrected chi connectivity index (χ4v) is 2.92. The van der Waals surface area contributed by atoms with Gasteiger partial charge in [-0.3, -0.25) is 0 Å². The van der Waals surface area contributed by atoms with E-state index in [1.807, 2.05) is 24.3 Å². The van der Waals surface area contributed by atoms with Crippen LogP contribution in [-0.4, -0.2) is 16.5 Å². The van der Waals surface area contributed by atoms with E-state index in [1.54, 1.807) is 18.5 Å². The van der Waals surface area contributed by atoms with Crippen LogP contribution in [0.25, 0.3) is 0 Å². The van der Waals surface area contributed by atoms with Gasteiger partial charge in [-0.15, -0.1) is 0 Å². The highest BCUT2D eigenvalue weighted by Gasteiger charge is 2.20. The van der Waals surface area contributed by atoms with Crippen LogP contribution in [0, 0.1) is 11.3 Å². The lowest BCUT2D eigenvalue weighted by molar-refractivity contribution is 0.965. The summed E-state index contributed by atoms with van der Waals surface area (Å²) in [4.78, 5) is 10.9. The summed E-state index contributed by atoms with van der Waals surface area (Å²) in [6.07, 6.45) is 2.60. The van der Waals surface area contributed by atoms with Gasteiger partial charge in [0.15, 0.2) is 0 Å². The molecule has 0 amide bonds. The molecule has 1 N–H and O–H groups in total. The summed E-state index contributed by atoms with van der Waals surface area (Å²) in [6, 6.07) is 19.8. The van der Waals surface area contributed by atoms with Crippen LogP contribution in [-0.2, 0) is 6.42 Å². The highest BCUT2D eigenvalue weighted by atomic mass is 15.2. The monoisotopic (exact) mass is 313 g/mol. The van der Waals surface area contributed by atoms with Crippen molar-refractivity contribution in [3.8, 4) is 6.07 Å². The molecule has 2 heterocycles. The van der Waals surface area contributed by atoms with Crippen LogP contribution < -0.4 is 10.2 Å². The zero-order valence-corrected chi connectivity index (χ0v) is 13.0. The fourth-order valence-electron chi connectivity index (χ4n) is 2.92. The number of aromatic nitrogens is 2. The summed E-state index contributed by atoms with van der Waals surface area (Å²) in [7, 11) is 0. The van der Waals surface area contributed by atoms with Gasteiger partial charge in [0.1, 0.15) is 18.0 Å². The largest absolute Gasteiger partial charge is 0.340 e. The fraction of sp³-hybridized carbons (Fsp3) is 0.105. The zero-order valence-electron chi connectivity index (χ0n) is 13.0. The first-order chi connectivity index (χ1) is 11.8. The highest BCUT2D eigenvalue weighted by molar-refractivity contribution is 5.69. The SMILES string of the molecule is N#Cc1ccc(Nc2cc(N3CCc4ccccc43)ncn2)cc1. The first-order valence-electron chi connectivity index (χ1n) is 7.78. The van der Waals surface area contributed by atoms with Gasteiger partial charge in [-0.2, -0.15) is 5.26 Å². The summed E-state index contributed by atoms with van der Waals surface area (Å²) in [5, 5.41) is 12.1. The van der Waals surface area contributed by atoms with E-state index in [4.69, 9.17) is 5.26 Å². The average molecular weight is 313 g/mol. The molecule has 2 aromatic carbocycles. The van der Waals surface area contributed by atoms with E-state index >= 15 is 0 Å². The van der Waals surface area contributed by atoms with Crippen molar-refractivity contribution in [2.24, 2.45) is 0 Å². The molecule has 5 heteroatoms. The van der Waals surface area contributed by atoms with Crippen LogP contribution in [0.15, 0.2) is 60.9 Å². The molecule has 0 radical (unpaired) electrons. The molecule has 0 atom stereocenters. The van der Waals surface area contributed by atoms with Crippen LogP contribution in [0.4, 0.5) is 23.0 Å². The number of rotatable bonds is 3. The maximum Gasteiger partial charge on any atom is 0.138 e. The maximum atomic E-state index is 8.86. The molecule has 3 aromatic rings. The van der Waals surface area contributed by atoms with E-state index < -0.39 is 0 Å². The summed E-state index contributed by atoms with van der Waals surface area (Å²) in [6.45, 7) is 0.923. The molecule has 116 valence electrons. The second-order valence-electron chi connectivity index (χ2n) is 5.61. The molecule has 0 aliphatic carbocycles. The quantitative estimate of drug-likeness (QED) is 0.797. The van der Waals surface area contributed by atoms with Gasteiger partial charge in [0, 0.05) is 24.0 Å². The normalized spacial score (nSPS) is 12.5. The van der Waals surface area contributed by atoms with Crippen molar-refractivity contribution in [1.82, 2.24) is 9.97 Å². The molecule has 0 spiro atoms. The predicted octanol–water partition coefficient (Wildman–Crippen LogP) is 3.79. The number of fused-ring (bicyclic) bond motifs is 1. The van der Waals surface area contributed by atoms with Crippen LogP contribution in [0.1, 0.15) is 11.1 Å². The molecular formula is C19H15N5. The van der Waals surface area contributed by atoms with Gasteiger partial charge in [0.2, 0.25) is 0 Å². The van der Waals surface area contributed by atoms with E-state index in [1.165, 1.54) is 11.3 Å². The van der Waals surface area contributed by atoms with Crippen LogP contribution >= 0.6 is 0 Å². The van der Waals surface area contributed by atoms with Gasteiger partial charge in [0.05, 0.1) is 11.6 Å². The molecule has 1 aliphatic rings. The van der Waals surface area contributed by atoms with E-state index in [2.05, 4.69) is 44.5 Å². The number of benzene rings is 2. The van der Waals surface area contributed by atoms with Crippen molar-refractivity contribution >= 4 is 23.0 Å². The number of para-hydroxylation sites is 1. The number of nitrogens with zero attached hydrogens (tertiary/aromatic N) is 4. The van der Waals surface area contributed by atoms with Crippen molar-refractivity contribution in [3.63, 3.8) is 0 Å². The molecule has 0 saturated carbocycles. The molecule has 1 aromatic heterocycles. The minimum absolute atomic E-state index is 0.637. The molecule has 0 saturated heterocycles. The third-order valence-corrected chi connectivity index (χ3v) is 4.10. The molecule has 5 nitrogen and oxygen atoms in total. The van der Waals surface area contributed by atoms with Gasteiger partial charge < -0.3 is 10.2 Å². The van der Waals surface area contributed by atoms with Gasteiger partial charge in [-0.05, 0) is 42.3 Å². The van der Waals surface area contributed by atoms with Crippen LogP contribution in [0.2, 0.25) is 0 Å². The number of anilines is 4. The van der Waals surface area contributed by atoms with Gasteiger partial charge in [0.25, 0.3) is 0 Å². The number of hydrogen-bond acceptors (Lipinski definition) is 5. The Kier molecular flexibility index (Phi) is 3.56. The van der Waals surface area contributed by atoms with Crippen molar-refractivity contribution in [2.75, 3.05) is 16.8 Å². The average Bonchev–Trinajstić information content (AvgIpc) is 3.07. The summed E-state index contributed by atoms with van der Waals surface area (Å²) < 4.78 is 0. The lowest BCUT2D eigenvalue weighted by atomic mass is 10.2. The van der Waals surface area contributed by atoms with E-state index in [0.717, 1.165) is 30.3 Å². The first-order valence-corrected chi connectivity index (χ1v) is 7.78. The topological polar surface area (TPSA) is 64.8 Å². The minimum atomic E-state index is 0.637. The van der Waals surface area contributed by atoms with Gasteiger partial charge in [-0.25, -0.2) is 9.97 Å². The lowest BCUT2D eigenvalue weighted by Gasteiger charge is -2.18. The number of nitriles is 1. The zero-order chi connectivity index (χ0) is 16.4. The third-order valence-electron chi connectivity index (χ3n) is 4.10. The molecule has 0 unspecified atom stereocenters. The number of hydrogen-bond donors (Lipinski definition) is 1. The molecule has 24 heavy (non-hydrogen) atoms. The Bertz CT molecular complexity index is 912. The first kappa shape index (κ1) is 14.2. The van der Waals surface area contributed by atoms with Crippen molar-refractivity contribution in [1.29, 1.82) is 5.26 Å². The molecule has 0 fully saturated rings. The van der Waals surface area contributed by atoms with Crippen LogP contribution in [0.5, 0.6) is 0 Å². The summed E-state index contributed by atoms with van der Waals surface area (Å²) in [5.41, 5.74) is 4.08. The second-order valence-corrected chi connectivity index (χ2v) is 5.61. The van der Waals surface area contributed by atoms with E-state index in [9.17, 15) is 0 Å². The molecule has 0 bridgehead atoms. The van der Waals surface area contributed by atoms with Gasteiger partial charge in [-0.1, -0.05) is 18.2 Å². The lowest BCUT2D eigenvalue weighted by Crippen LogP contribution is -2.15. The van der Waals surface area contributed by atoms with Crippen molar-refractivity contribution < 1.29 is 0 Å². The standard InChI is InChI=1S/C19H15N5/c20-12-14-5-7-16(8-6-14)23-18-11-19(22-13-21-18)24-10-9-15-3-1-2-4-17(15)24/h1-8,11,13H,9-10H2,(H,21,22,23). The van der Waals surface area contributed by atoms with E-state index in [0.29, 0.717) is 5.56 Å². The Morgan fingerprint density at radius 3 is 2.71 bits per heavy atom. The Balaban J connectivity index is 1.59. The summed E-state index contributed by atoms with van der Waals surface area (Å²) in [5.74, 6) is 1.61. The Labute approximate surface area is 140 Å². The highest BCUT2D eigenvalue weighted by Crippen LogP contribution is 2.33. The second kappa shape index (κ2) is 6.01. The Morgan fingerprint density at radius 2 is 1.88 bits per heavy atom. The molecule has 4 rings (SSSR count). The van der Waals surface area contributed by atoms with Gasteiger partial charge >= 0.3 is 0 Å². The van der Waals surface area contributed by atoms with Crippen LogP contribution in [0.3, 0.4) is 0 Å². The maximum absolute atomic E-state index is 8.86. The third kappa shape index (κ3) is 2.66. The molecular weight excluding hydrogens is 298 g/mol. The van der Waals surface area contributed by atoms with Crippen molar-refractivity contribution in [3.05, 3.63) is 72.1 Å². The van der Waals surface area contributed by atoms with E-state index in [-0.39, 0.29) is 0 Å². The summed E-state index contributed by atoms with van der Waals surface area (Å²) >= 11 is 0. The Hall–Kier alpha value is -3.39.